The van der Waals surface area contributed by atoms with Crippen molar-refractivity contribution in [2.24, 2.45) is 0 Å². The van der Waals surface area contributed by atoms with Gasteiger partial charge in [-0.1, -0.05) is 12.1 Å². The van der Waals surface area contributed by atoms with Gasteiger partial charge in [-0.15, -0.1) is 11.3 Å². The Labute approximate surface area is 143 Å². The minimum atomic E-state index is -0.311. The minimum absolute atomic E-state index is 0.0173. The predicted molar refractivity (Wildman–Crippen MR) is 92.6 cm³/mol. The Kier molecular flexibility index (Phi) is 5.05. The summed E-state index contributed by atoms with van der Waals surface area (Å²) in [5.41, 5.74) is 0.956. The van der Waals surface area contributed by atoms with E-state index < -0.39 is 0 Å². The second-order valence-corrected chi connectivity index (χ2v) is 6.49. The SMILES string of the molecule is CN(Cc1nc2ccccc2s1)C(=O)CCOc1ccc(F)cc1. The molecule has 124 valence electrons. The van der Waals surface area contributed by atoms with Gasteiger partial charge >= 0.3 is 0 Å². The monoisotopic (exact) mass is 344 g/mol. The van der Waals surface area contributed by atoms with Crippen LogP contribution in [0.3, 0.4) is 0 Å². The normalized spacial score (nSPS) is 10.8. The maximum absolute atomic E-state index is 12.8. The van der Waals surface area contributed by atoms with Crippen molar-refractivity contribution in [2.45, 2.75) is 13.0 Å². The molecule has 0 spiro atoms. The third-order valence-electron chi connectivity index (χ3n) is 3.53. The van der Waals surface area contributed by atoms with Gasteiger partial charge in [0.25, 0.3) is 0 Å². The van der Waals surface area contributed by atoms with E-state index in [1.54, 1.807) is 35.4 Å². The molecule has 1 aromatic heterocycles. The number of halogens is 1. The third-order valence-corrected chi connectivity index (χ3v) is 4.56. The molecular weight excluding hydrogens is 327 g/mol. The van der Waals surface area contributed by atoms with Crippen LogP contribution in [0.1, 0.15) is 11.4 Å². The molecule has 0 saturated heterocycles. The van der Waals surface area contributed by atoms with Crippen LogP contribution >= 0.6 is 11.3 Å². The van der Waals surface area contributed by atoms with E-state index in [2.05, 4.69) is 4.98 Å². The Balaban J connectivity index is 1.50. The van der Waals surface area contributed by atoms with Gasteiger partial charge in [0, 0.05) is 7.05 Å². The van der Waals surface area contributed by atoms with Crippen molar-refractivity contribution < 1.29 is 13.9 Å². The number of carbonyl (C=O) groups excluding carboxylic acids is 1. The number of rotatable bonds is 6. The Hall–Kier alpha value is -2.47. The smallest absolute Gasteiger partial charge is 0.226 e. The van der Waals surface area contributed by atoms with Crippen LogP contribution in [-0.4, -0.2) is 29.4 Å². The van der Waals surface area contributed by atoms with E-state index >= 15 is 0 Å². The van der Waals surface area contributed by atoms with Crippen LogP contribution in [0.4, 0.5) is 4.39 Å². The van der Waals surface area contributed by atoms with Crippen molar-refractivity contribution in [3.63, 3.8) is 0 Å². The first-order valence-electron chi connectivity index (χ1n) is 7.58. The molecule has 0 N–H and O–H groups in total. The average molecular weight is 344 g/mol. The summed E-state index contributed by atoms with van der Waals surface area (Å²) in [6.45, 7) is 0.739. The standard InChI is InChI=1S/C18H17FN2O2S/c1-21(12-17-20-15-4-2-3-5-16(15)24-17)18(22)10-11-23-14-8-6-13(19)7-9-14/h2-9H,10-12H2,1H3. The quantitative estimate of drug-likeness (QED) is 0.682. The second kappa shape index (κ2) is 7.40. The van der Waals surface area contributed by atoms with E-state index in [0.29, 0.717) is 12.3 Å². The van der Waals surface area contributed by atoms with E-state index in [1.807, 2.05) is 24.3 Å². The molecule has 3 rings (SSSR count). The van der Waals surface area contributed by atoms with Gasteiger partial charge in [-0.3, -0.25) is 4.79 Å². The fourth-order valence-electron chi connectivity index (χ4n) is 2.26. The molecule has 0 aliphatic carbocycles. The van der Waals surface area contributed by atoms with Gasteiger partial charge in [-0.25, -0.2) is 9.37 Å². The van der Waals surface area contributed by atoms with Crippen LogP contribution in [0.25, 0.3) is 10.2 Å². The van der Waals surface area contributed by atoms with Crippen LogP contribution in [0.15, 0.2) is 48.5 Å². The third kappa shape index (κ3) is 4.08. The molecule has 1 heterocycles. The molecule has 2 aromatic carbocycles. The van der Waals surface area contributed by atoms with E-state index in [1.165, 1.54) is 12.1 Å². The molecule has 0 unspecified atom stereocenters. The van der Waals surface area contributed by atoms with Crippen molar-refractivity contribution in [1.29, 1.82) is 0 Å². The molecular formula is C18H17FN2O2S. The summed E-state index contributed by atoms with van der Waals surface area (Å²) < 4.78 is 19.4. The van der Waals surface area contributed by atoms with Gasteiger partial charge in [-0.2, -0.15) is 0 Å². The molecule has 24 heavy (non-hydrogen) atoms. The van der Waals surface area contributed by atoms with E-state index in [-0.39, 0.29) is 24.8 Å². The molecule has 0 aliphatic heterocycles. The van der Waals surface area contributed by atoms with Crippen molar-refractivity contribution in [2.75, 3.05) is 13.7 Å². The Morgan fingerprint density at radius 3 is 2.71 bits per heavy atom. The number of nitrogens with zero attached hydrogens (tertiary/aromatic N) is 2. The molecule has 1 amide bonds. The van der Waals surface area contributed by atoms with E-state index in [4.69, 9.17) is 4.74 Å². The number of benzene rings is 2. The van der Waals surface area contributed by atoms with E-state index in [0.717, 1.165) is 15.2 Å². The second-order valence-electron chi connectivity index (χ2n) is 5.38. The molecule has 0 aliphatic rings. The maximum Gasteiger partial charge on any atom is 0.226 e. The highest BCUT2D eigenvalue weighted by molar-refractivity contribution is 7.18. The lowest BCUT2D eigenvalue weighted by Crippen LogP contribution is -2.27. The number of ether oxygens (including phenoxy) is 1. The van der Waals surface area contributed by atoms with Crippen molar-refractivity contribution in [1.82, 2.24) is 9.88 Å². The Morgan fingerprint density at radius 1 is 1.21 bits per heavy atom. The summed E-state index contributed by atoms with van der Waals surface area (Å²) in [6, 6.07) is 13.7. The van der Waals surface area contributed by atoms with Crippen LogP contribution in [0, 0.1) is 5.82 Å². The molecule has 6 heteroatoms. The lowest BCUT2D eigenvalue weighted by molar-refractivity contribution is -0.130. The molecule has 0 fully saturated rings. The number of aromatic nitrogens is 1. The molecule has 4 nitrogen and oxygen atoms in total. The van der Waals surface area contributed by atoms with Gasteiger partial charge in [-0.05, 0) is 36.4 Å². The van der Waals surface area contributed by atoms with Gasteiger partial charge in [0.2, 0.25) is 5.91 Å². The highest BCUT2D eigenvalue weighted by Gasteiger charge is 2.12. The Morgan fingerprint density at radius 2 is 1.96 bits per heavy atom. The van der Waals surface area contributed by atoms with Crippen molar-refractivity contribution >= 4 is 27.5 Å². The van der Waals surface area contributed by atoms with Crippen LogP contribution in [-0.2, 0) is 11.3 Å². The number of hydrogen-bond acceptors (Lipinski definition) is 4. The summed E-state index contributed by atoms with van der Waals surface area (Å²) in [7, 11) is 1.76. The first-order valence-corrected chi connectivity index (χ1v) is 8.40. The minimum Gasteiger partial charge on any atom is -0.493 e. The zero-order chi connectivity index (χ0) is 16.9. The first kappa shape index (κ1) is 16.4. The Bertz CT molecular complexity index is 799. The molecule has 0 bridgehead atoms. The highest BCUT2D eigenvalue weighted by Crippen LogP contribution is 2.22. The van der Waals surface area contributed by atoms with Crippen LogP contribution in [0.2, 0.25) is 0 Å². The van der Waals surface area contributed by atoms with Crippen LogP contribution < -0.4 is 4.74 Å². The molecule has 0 radical (unpaired) electrons. The summed E-state index contributed by atoms with van der Waals surface area (Å²) in [6.07, 6.45) is 0.263. The lowest BCUT2D eigenvalue weighted by atomic mass is 10.3. The topological polar surface area (TPSA) is 42.4 Å². The fourth-order valence-corrected chi connectivity index (χ4v) is 3.28. The number of para-hydroxylation sites is 1. The predicted octanol–water partition coefficient (Wildman–Crippen LogP) is 3.86. The summed E-state index contributed by atoms with van der Waals surface area (Å²) >= 11 is 1.59. The number of amides is 1. The summed E-state index contributed by atoms with van der Waals surface area (Å²) in [5, 5.41) is 0.909. The van der Waals surface area contributed by atoms with Gasteiger partial charge < -0.3 is 9.64 Å². The van der Waals surface area contributed by atoms with Crippen LogP contribution in [0.5, 0.6) is 5.75 Å². The largest absolute Gasteiger partial charge is 0.493 e. The molecule has 3 aromatic rings. The van der Waals surface area contributed by atoms with Crippen molar-refractivity contribution in [3.8, 4) is 5.75 Å². The number of carbonyl (C=O) groups is 1. The fraction of sp³-hybridized carbons (Fsp3) is 0.222. The lowest BCUT2D eigenvalue weighted by Gasteiger charge is -2.15. The maximum atomic E-state index is 12.8. The zero-order valence-electron chi connectivity index (χ0n) is 13.2. The number of hydrogen-bond donors (Lipinski definition) is 0. The first-order chi connectivity index (χ1) is 11.6. The van der Waals surface area contributed by atoms with Crippen molar-refractivity contribution in [3.05, 3.63) is 59.4 Å². The van der Waals surface area contributed by atoms with E-state index in [9.17, 15) is 9.18 Å². The number of fused-ring (bicyclic) bond motifs is 1. The van der Waals surface area contributed by atoms with Gasteiger partial charge in [0.15, 0.2) is 0 Å². The average Bonchev–Trinajstić information content (AvgIpc) is 2.98. The number of thiazole rings is 1. The van der Waals surface area contributed by atoms with Gasteiger partial charge in [0.05, 0.1) is 29.8 Å². The van der Waals surface area contributed by atoms with Gasteiger partial charge in [0.1, 0.15) is 16.6 Å². The highest BCUT2D eigenvalue weighted by atomic mass is 32.1. The molecule has 0 atom stereocenters. The molecule has 0 saturated carbocycles. The zero-order valence-corrected chi connectivity index (χ0v) is 14.1. The summed E-state index contributed by atoms with van der Waals surface area (Å²) in [4.78, 5) is 18.3. The summed E-state index contributed by atoms with van der Waals surface area (Å²) in [5.74, 6) is 0.225.